The van der Waals surface area contributed by atoms with Crippen LogP contribution >= 0.6 is 28.1 Å². The standard InChI is InChI=1S/C7H8BrN5S/c1-12-2-5(8)6(11-12)3-13-4-9-10-7(13)14/h2,4H,3H2,1H3,(H,10,14). The predicted octanol–water partition coefficient (Wildman–Crippen LogP) is 1.48. The smallest absolute Gasteiger partial charge is 0.195 e. The van der Waals surface area contributed by atoms with Crippen molar-refractivity contribution in [3.63, 3.8) is 0 Å². The number of hydrogen-bond acceptors (Lipinski definition) is 3. The Bertz CT molecular complexity index is 496. The van der Waals surface area contributed by atoms with E-state index in [4.69, 9.17) is 12.2 Å². The van der Waals surface area contributed by atoms with Crippen LogP contribution in [-0.4, -0.2) is 24.5 Å². The van der Waals surface area contributed by atoms with Gasteiger partial charge in [0.2, 0.25) is 0 Å². The molecule has 0 amide bonds. The molecule has 2 aromatic rings. The summed E-state index contributed by atoms with van der Waals surface area (Å²) in [4.78, 5) is 0. The number of nitrogens with one attached hydrogen (secondary N) is 1. The van der Waals surface area contributed by atoms with Crippen molar-refractivity contribution >= 4 is 28.1 Å². The van der Waals surface area contributed by atoms with E-state index in [0.29, 0.717) is 11.3 Å². The third-order valence-corrected chi connectivity index (χ3v) is 2.78. The first-order valence-corrected chi connectivity index (χ1v) is 5.15. The van der Waals surface area contributed by atoms with Gasteiger partial charge in [0.25, 0.3) is 0 Å². The fourth-order valence-corrected chi connectivity index (χ4v) is 1.82. The minimum atomic E-state index is 0.600. The lowest BCUT2D eigenvalue weighted by atomic mass is 10.4. The van der Waals surface area contributed by atoms with E-state index in [0.717, 1.165) is 10.2 Å². The molecular weight excluding hydrogens is 266 g/mol. The summed E-state index contributed by atoms with van der Waals surface area (Å²) in [5.74, 6) is 0. The maximum atomic E-state index is 5.03. The third-order valence-electron chi connectivity index (χ3n) is 1.79. The van der Waals surface area contributed by atoms with E-state index < -0.39 is 0 Å². The van der Waals surface area contributed by atoms with Gasteiger partial charge < -0.3 is 4.57 Å². The highest BCUT2D eigenvalue weighted by molar-refractivity contribution is 9.10. The summed E-state index contributed by atoms with van der Waals surface area (Å²) >= 11 is 8.46. The molecule has 1 N–H and O–H groups in total. The van der Waals surface area contributed by atoms with Gasteiger partial charge >= 0.3 is 0 Å². The zero-order chi connectivity index (χ0) is 10.1. The number of nitrogens with zero attached hydrogens (tertiary/aromatic N) is 4. The van der Waals surface area contributed by atoms with Crippen LogP contribution < -0.4 is 0 Å². The Morgan fingerprint density at radius 1 is 1.64 bits per heavy atom. The zero-order valence-corrected chi connectivity index (χ0v) is 9.84. The number of aromatic nitrogens is 5. The van der Waals surface area contributed by atoms with Crippen LogP contribution in [0.25, 0.3) is 0 Å². The van der Waals surface area contributed by atoms with Crippen molar-refractivity contribution in [2.75, 3.05) is 0 Å². The summed E-state index contributed by atoms with van der Waals surface area (Å²) in [6, 6.07) is 0. The van der Waals surface area contributed by atoms with E-state index in [9.17, 15) is 0 Å². The maximum absolute atomic E-state index is 5.03. The fraction of sp³-hybridized carbons (Fsp3) is 0.286. The predicted molar refractivity (Wildman–Crippen MR) is 57.4 cm³/mol. The minimum Gasteiger partial charge on any atom is -0.301 e. The molecule has 0 unspecified atom stereocenters. The highest BCUT2D eigenvalue weighted by Crippen LogP contribution is 2.15. The minimum absolute atomic E-state index is 0.600. The second-order valence-electron chi connectivity index (χ2n) is 2.89. The van der Waals surface area contributed by atoms with E-state index in [2.05, 4.69) is 31.2 Å². The van der Waals surface area contributed by atoms with Gasteiger partial charge in [0, 0.05) is 13.2 Å². The van der Waals surface area contributed by atoms with Crippen molar-refractivity contribution in [2.45, 2.75) is 6.54 Å². The van der Waals surface area contributed by atoms with Gasteiger partial charge in [0.15, 0.2) is 4.77 Å². The van der Waals surface area contributed by atoms with Crippen LogP contribution in [0.1, 0.15) is 5.69 Å². The summed E-state index contributed by atoms with van der Waals surface area (Å²) < 4.78 is 5.15. The first-order valence-electron chi connectivity index (χ1n) is 3.94. The Morgan fingerprint density at radius 3 is 2.93 bits per heavy atom. The number of H-pyrrole nitrogens is 1. The zero-order valence-electron chi connectivity index (χ0n) is 7.44. The van der Waals surface area contributed by atoms with E-state index in [1.165, 1.54) is 0 Å². The third kappa shape index (κ3) is 1.78. The van der Waals surface area contributed by atoms with Crippen molar-refractivity contribution in [2.24, 2.45) is 7.05 Å². The number of hydrogen-bond donors (Lipinski definition) is 1. The van der Waals surface area contributed by atoms with Crippen LogP contribution in [0.3, 0.4) is 0 Å². The number of halogens is 1. The monoisotopic (exact) mass is 273 g/mol. The van der Waals surface area contributed by atoms with Gasteiger partial charge in [-0.15, -0.1) is 0 Å². The maximum Gasteiger partial charge on any atom is 0.195 e. The molecule has 2 rings (SSSR count). The Kier molecular flexibility index (Phi) is 2.51. The average Bonchev–Trinajstić information content (AvgIpc) is 2.62. The molecule has 7 heteroatoms. The summed E-state index contributed by atoms with van der Waals surface area (Å²) in [5, 5.41) is 10.8. The van der Waals surface area contributed by atoms with Crippen molar-refractivity contribution in [3.8, 4) is 0 Å². The van der Waals surface area contributed by atoms with E-state index in [1.807, 2.05) is 17.8 Å². The topological polar surface area (TPSA) is 51.4 Å². The quantitative estimate of drug-likeness (QED) is 0.844. The first kappa shape index (κ1) is 9.60. The molecule has 5 nitrogen and oxygen atoms in total. The summed E-state index contributed by atoms with van der Waals surface area (Å²) in [5.41, 5.74) is 0.935. The highest BCUT2D eigenvalue weighted by Gasteiger charge is 2.05. The van der Waals surface area contributed by atoms with Gasteiger partial charge in [-0.1, -0.05) is 0 Å². The summed E-state index contributed by atoms with van der Waals surface area (Å²) in [7, 11) is 1.88. The molecule has 0 aliphatic carbocycles. The normalized spacial score (nSPS) is 10.7. The lowest BCUT2D eigenvalue weighted by Crippen LogP contribution is -2.00. The number of rotatable bonds is 2. The molecule has 2 aromatic heterocycles. The van der Waals surface area contributed by atoms with E-state index in [1.54, 1.807) is 11.0 Å². The molecule has 0 bridgehead atoms. The molecule has 0 atom stereocenters. The lowest BCUT2D eigenvalue weighted by molar-refractivity contribution is 0.700. The van der Waals surface area contributed by atoms with Gasteiger partial charge in [-0.05, 0) is 28.1 Å². The Labute approximate surface area is 93.9 Å². The molecule has 0 aromatic carbocycles. The van der Waals surface area contributed by atoms with E-state index >= 15 is 0 Å². The molecule has 74 valence electrons. The van der Waals surface area contributed by atoms with Crippen LogP contribution in [0.15, 0.2) is 17.0 Å². The second kappa shape index (κ2) is 3.66. The molecule has 14 heavy (non-hydrogen) atoms. The Balaban J connectivity index is 2.31. The van der Waals surface area contributed by atoms with Crippen LogP contribution in [0.5, 0.6) is 0 Å². The number of aryl methyl sites for hydroxylation is 1. The molecule has 0 aliphatic heterocycles. The SMILES string of the molecule is Cn1cc(Br)c(Cn2cn[nH]c2=S)n1. The molecular formula is C7H8BrN5S. The summed E-state index contributed by atoms with van der Waals surface area (Å²) in [6.07, 6.45) is 3.56. The lowest BCUT2D eigenvalue weighted by Gasteiger charge is -1.97. The van der Waals surface area contributed by atoms with Crippen LogP contribution in [0, 0.1) is 4.77 Å². The van der Waals surface area contributed by atoms with Gasteiger partial charge in [-0.3, -0.25) is 9.78 Å². The van der Waals surface area contributed by atoms with Gasteiger partial charge in [0.1, 0.15) is 6.33 Å². The molecule has 0 spiro atoms. The van der Waals surface area contributed by atoms with Crippen molar-refractivity contribution in [1.29, 1.82) is 0 Å². The number of aromatic amines is 1. The largest absolute Gasteiger partial charge is 0.301 e. The Hall–Kier alpha value is -0.950. The van der Waals surface area contributed by atoms with Gasteiger partial charge in [0.05, 0.1) is 16.7 Å². The van der Waals surface area contributed by atoms with Crippen LogP contribution in [-0.2, 0) is 13.6 Å². The van der Waals surface area contributed by atoms with Crippen molar-refractivity contribution < 1.29 is 0 Å². The van der Waals surface area contributed by atoms with Gasteiger partial charge in [-0.25, -0.2) is 0 Å². The average molecular weight is 274 g/mol. The van der Waals surface area contributed by atoms with Gasteiger partial charge in [-0.2, -0.15) is 10.2 Å². The molecule has 0 aliphatic rings. The first-order chi connectivity index (χ1) is 6.66. The molecule has 0 saturated heterocycles. The van der Waals surface area contributed by atoms with Crippen LogP contribution in [0.2, 0.25) is 0 Å². The molecule has 0 radical (unpaired) electrons. The van der Waals surface area contributed by atoms with Crippen LogP contribution in [0.4, 0.5) is 0 Å². The fourth-order valence-electron chi connectivity index (χ4n) is 1.16. The van der Waals surface area contributed by atoms with Crippen molar-refractivity contribution in [3.05, 3.63) is 27.5 Å². The molecule has 0 fully saturated rings. The Morgan fingerprint density at radius 2 is 2.43 bits per heavy atom. The molecule has 0 saturated carbocycles. The second-order valence-corrected chi connectivity index (χ2v) is 4.13. The summed E-state index contributed by atoms with van der Waals surface area (Å²) in [6.45, 7) is 0.622. The highest BCUT2D eigenvalue weighted by atomic mass is 79.9. The van der Waals surface area contributed by atoms with E-state index in [-0.39, 0.29) is 0 Å². The van der Waals surface area contributed by atoms with Crippen molar-refractivity contribution in [1.82, 2.24) is 24.5 Å². The molecule has 2 heterocycles.